The predicted molar refractivity (Wildman–Crippen MR) is 497 cm³/mol. The molecule has 0 saturated carbocycles. The van der Waals surface area contributed by atoms with Gasteiger partial charge in [0.05, 0.1) is 25.2 Å². The molecule has 129 heavy (non-hydrogen) atoms. The Kier molecular flexibility index (Phi) is 51.7. The van der Waals surface area contributed by atoms with E-state index in [9.17, 15) is 112 Å². The molecule has 718 valence electrons. The van der Waals surface area contributed by atoms with Crippen molar-refractivity contribution < 1.29 is 112 Å². The largest absolute Gasteiger partial charge is 0.497 e. The second-order valence-electron chi connectivity index (χ2n) is 30.2. The predicted octanol–water partition coefficient (Wildman–Crippen LogP) is 3.99. The molecule has 0 bridgehead atoms. The lowest BCUT2D eigenvalue weighted by molar-refractivity contribution is -0.138. The molecule has 0 aliphatic heterocycles. The molecule has 15 atom stereocenters. The number of hydrogen-bond acceptors (Lipinski definition) is 26. The number of aliphatic hydroxyl groups is 19. The first-order valence-corrected chi connectivity index (χ1v) is 41.4. The number of likely N-dealkylation sites (N-methyl/N-ethyl adjacent to an activating group) is 1. The van der Waals surface area contributed by atoms with E-state index in [0.29, 0.717) is 18.4 Å². The van der Waals surface area contributed by atoms with Gasteiger partial charge in [-0.3, -0.25) is 26.4 Å². The van der Waals surface area contributed by atoms with Gasteiger partial charge in [0.2, 0.25) is 88.5 Å². The third-order valence-electron chi connectivity index (χ3n) is 18.8. The Morgan fingerprint density at radius 3 is 1.26 bits per heavy atom. The Labute approximate surface area is 745 Å². The lowest BCUT2D eigenvalue weighted by Gasteiger charge is -2.27. The average molecular weight is 1820 g/mol. The molecule has 0 aromatic heterocycles. The highest BCUT2D eigenvalue weighted by molar-refractivity contribution is 5.97. The van der Waals surface area contributed by atoms with Gasteiger partial charge in [0.15, 0.2) is 47.7 Å². The molecule has 0 saturated heterocycles. The molecule has 2 rings (SSSR count). The van der Waals surface area contributed by atoms with Gasteiger partial charge in [0.25, 0.3) is 0 Å². The van der Waals surface area contributed by atoms with Gasteiger partial charge in [0.1, 0.15) is 80.1 Å². The number of aliphatic hydroxyl groups excluding tert-OH is 19. The van der Waals surface area contributed by atoms with Crippen molar-refractivity contribution in [2.24, 2.45) is 109 Å². The van der Waals surface area contributed by atoms with E-state index in [4.69, 9.17) is 50.3 Å². The Morgan fingerprint density at radius 1 is 0.411 bits per heavy atom. The van der Waals surface area contributed by atoms with Crippen LogP contribution in [0.2, 0.25) is 0 Å². The number of rotatable bonds is 62. The van der Waals surface area contributed by atoms with Crippen LogP contribution in [0.5, 0.6) is 0 Å². The number of hydrogen-bond donors (Lipinski definition) is 31. The summed E-state index contributed by atoms with van der Waals surface area (Å²) < 4.78 is 0. The summed E-state index contributed by atoms with van der Waals surface area (Å²) in [6.07, 6.45) is -2.37. The molecule has 49 heteroatoms. The number of amides is 1. The summed E-state index contributed by atoms with van der Waals surface area (Å²) in [5.74, 6) is -17.9. The minimum atomic E-state index is -1.86. The quantitative estimate of drug-likeness (QED) is 0.0253. The number of carbonyl (C=O) groups excluding carboxylic acids is 1. The van der Waals surface area contributed by atoms with E-state index in [1.165, 1.54) is 34.7 Å². The molecule has 0 unspecified atom stereocenters. The first kappa shape index (κ1) is 112. The van der Waals surface area contributed by atoms with Crippen molar-refractivity contribution >= 4 is 124 Å². The van der Waals surface area contributed by atoms with Gasteiger partial charge in [-0.25, -0.2) is 79.7 Å². The number of nitrogens with one attached hydrogen (secondary N) is 6. The number of carboxylic acid groups (broad SMARTS) is 1. The SMILES string of the molecule is CC(C)C[C@H](N=C(O)[C@H](CCCCN)N=C(O)[C@H](CCCNC(=N)N)N=C(O)[C@H](C)N(C)C(=O)[C@H](CO)N=C(O)[C@H](CCCCN)N=C(O)[C@H](CCCNC(=N)N)N=C(O)[C@H](C)N=C(O)CN=C(O)[C@@H](N=C(O)[C@H](Cc1ccccc1)N=C(O)CN=C(O)CN=C(O)[C@@H](N)Cc1ccccc1)[C@@H](C)O)C(O)=N[C@@H](C)C(O)=N[C@@H](CC(=N)O)C(O)=N[C@@H](CCC(=N)O)C(=O)O. The highest BCUT2D eigenvalue weighted by Gasteiger charge is 2.34. The molecule has 0 fully saturated rings. The number of nitrogens with zero attached hydrogens (tertiary/aromatic N) is 16. The van der Waals surface area contributed by atoms with Crippen LogP contribution in [0.4, 0.5) is 0 Å². The molecule has 1 amide bonds. The smallest absolute Gasteiger partial charge is 0.328 e. The van der Waals surface area contributed by atoms with Gasteiger partial charge < -0.3 is 146 Å². The molecule has 0 heterocycles. The number of nitrogens with two attached hydrogens (primary N) is 5. The number of benzene rings is 2. The van der Waals surface area contributed by atoms with Crippen LogP contribution in [0.15, 0.2) is 136 Å². The van der Waals surface area contributed by atoms with Crippen LogP contribution in [0.3, 0.4) is 0 Å². The molecule has 0 spiro atoms. The molecule has 36 N–H and O–H groups in total. The van der Waals surface area contributed by atoms with Crippen LogP contribution in [0.25, 0.3) is 0 Å². The molecular weight excluding hydrogens is 1690 g/mol. The van der Waals surface area contributed by atoms with Crippen molar-refractivity contribution in [2.45, 2.75) is 235 Å². The maximum Gasteiger partial charge on any atom is 0.328 e. The fourth-order valence-electron chi connectivity index (χ4n) is 11.6. The van der Waals surface area contributed by atoms with Gasteiger partial charge in [-0.15, -0.1) is 0 Å². The van der Waals surface area contributed by atoms with Crippen molar-refractivity contribution in [1.82, 2.24) is 15.5 Å². The van der Waals surface area contributed by atoms with Crippen LogP contribution in [0.1, 0.15) is 143 Å². The van der Waals surface area contributed by atoms with Gasteiger partial charge in [-0.1, -0.05) is 74.5 Å². The maximum atomic E-state index is 14.4. The number of aliphatic imine (C=N–C) groups is 15. The van der Waals surface area contributed by atoms with Crippen LogP contribution in [-0.4, -0.2) is 381 Å². The Bertz CT molecular complexity index is 4370. The van der Waals surface area contributed by atoms with Gasteiger partial charge >= 0.3 is 5.97 Å². The van der Waals surface area contributed by atoms with E-state index < -0.39 is 260 Å². The molecule has 0 aliphatic rings. The fourth-order valence-corrected chi connectivity index (χ4v) is 11.6. The van der Waals surface area contributed by atoms with Crippen LogP contribution < -0.4 is 39.3 Å². The molecule has 2 aromatic rings. The lowest BCUT2D eigenvalue weighted by atomic mass is 10.0. The summed E-state index contributed by atoms with van der Waals surface area (Å²) >= 11 is 0. The molecule has 0 radical (unpaired) electrons. The topological polar surface area (TPSA) is 877 Å². The van der Waals surface area contributed by atoms with Crippen molar-refractivity contribution in [3.8, 4) is 0 Å². The Hall–Kier alpha value is -13.3. The zero-order valence-electron chi connectivity index (χ0n) is 73.3. The van der Waals surface area contributed by atoms with Crippen molar-refractivity contribution in [2.75, 3.05) is 59.5 Å². The highest BCUT2D eigenvalue weighted by atomic mass is 16.4. The Morgan fingerprint density at radius 2 is 0.806 bits per heavy atom. The van der Waals surface area contributed by atoms with Gasteiger partial charge in [-0.05, 0) is 141 Å². The van der Waals surface area contributed by atoms with Gasteiger partial charge in [0, 0.05) is 33.0 Å². The highest BCUT2D eigenvalue weighted by Crippen LogP contribution is 2.21. The first-order valence-electron chi connectivity index (χ1n) is 41.4. The lowest BCUT2D eigenvalue weighted by Crippen LogP contribution is -2.46. The molecule has 49 nitrogen and oxygen atoms in total. The van der Waals surface area contributed by atoms with Crippen molar-refractivity contribution in [1.29, 1.82) is 21.6 Å². The van der Waals surface area contributed by atoms with E-state index in [1.807, 2.05) is 18.2 Å². The normalized spacial score (nSPS) is 17.4. The molecular formula is C80H131N27O22. The molecule has 0 aliphatic carbocycles. The third kappa shape index (κ3) is 44.6. The monoisotopic (exact) mass is 1820 g/mol. The van der Waals surface area contributed by atoms with E-state index in [2.05, 4.69) is 85.5 Å². The van der Waals surface area contributed by atoms with E-state index in [0.717, 1.165) is 10.5 Å². The third-order valence-corrected chi connectivity index (χ3v) is 18.8. The summed E-state index contributed by atoms with van der Waals surface area (Å²) in [5.41, 5.74) is 30.1. The first-order chi connectivity index (χ1) is 60.8. The number of carbonyl (C=O) groups is 2. The molecule has 2 aromatic carbocycles. The average Bonchev–Trinajstić information content (AvgIpc) is 0.919. The number of unbranched alkanes of at least 4 members (excludes halogenated alkanes) is 2. The van der Waals surface area contributed by atoms with Gasteiger partial charge in [-0.2, -0.15) is 0 Å². The van der Waals surface area contributed by atoms with E-state index >= 15 is 0 Å². The summed E-state index contributed by atoms with van der Waals surface area (Å²) in [7, 11) is 1.18. The summed E-state index contributed by atoms with van der Waals surface area (Å²) in [4.78, 5) is 88.1. The van der Waals surface area contributed by atoms with Crippen LogP contribution >= 0.6 is 0 Å². The van der Waals surface area contributed by atoms with Crippen LogP contribution in [-0.2, 0) is 22.4 Å². The summed E-state index contributed by atoms with van der Waals surface area (Å²) in [6, 6.07) is -3.64. The zero-order chi connectivity index (χ0) is 97.2. The second kappa shape index (κ2) is 59.6. The number of carboxylic acids is 1. The fraction of sp³-hybridized carbons (Fsp3) is 0.588. The minimum absolute atomic E-state index is 0.0198. The maximum absolute atomic E-state index is 14.4. The zero-order valence-corrected chi connectivity index (χ0v) is 73.3. The number of aliphatic carboxylic acids is 1. The Balaban J connectivity index is 2.67. The second-order valence-corrected chi connectivity index (χ2v) is 30.2. The summed E-state index contributed by atoms with van der Waals surface area (Å²) in [6.45, 7) is 5.72. The standard InChI is InChI=1S/C80H131N27O22/c1-42(2)34-55(73(123)96-44(4)66(116)103-57(37-60(85)111)74(124)102-54(78(128)129)28-29-59(84)110)104-71(121)50(24-14-16-30-81)100-70(120)53(27-19-33-91-80(88)89)99-67(117)45(5)107(7)77(127)58(41-108)105-72(122)51(25-15-17-31-82)101-69(119)52(26-18-32-90-79(86)87)98-65(115)43(3)95-62(113)40-94-76(126)64(46(6)109)106-75(125)56(36-48-22-12-9-13-23-48)97-63(114)39-92-61(112)38-93-68(118)49(83)35-47-20-10-8-11-21-47/h8-13,20-23,42-46,49-58,64,108-109H,14-19,24-41,81-83H2,1-7H3,(H2,84,110)(H2,85,111)(H,92,112)(H,93,118)(H,94,126)(H,95,113)(H,96,123)(H,97,114)(H,98,115)(H,99,117)(H,100,120)(H,101,119)(H,102,124)(H,103,116)(H,104,121)(H,105,122)(H,106,125)(H,128,129)(H4,86,87,90)(H4,88,89,91)/t43-,44-,45-,46+,49-,50-,51-,52-,53-,54-,55-,56-,57-,58-,64-/m0/s1. The summed E-state index contributed by atoms with van der Waals surface area (Å²) in [5, 5.41) is 254. The number of guanidine groups is 2. The minimum Gasteiger partial charge on any atom is -0.497 e. The van der Waals surface area contributed by atoms with Crippen molar-refractivity contribution in [3.05, 3.63) is 71.8 Å². The van der Waals surface area contributed by atoms with Crippen molar-refractivity contribution in [3.63, 3.8) is 0 Å². The van der Waals surface area contributed by atoms with Crippen LogP contribution in [0, 0.1) is 27.6 Å². The van der Waals surface area contributed by atoms with E-state index in [1.54, 1.807) is 56.3 Å². The van der Waals surface area contributed by atoms with E-state index in [-0.39, 0.29) is 103 Å².